The molecule has 0 aliphatic rings. The van der Waals surface area contributed by atoms with Crippen LogP contribution >= 0.6 is 0 Å². The second-order valence-corrected chi connectivity index (χ2v) is 1.09. The van der Waals surface area contributed by atoms with Gasteiger partial charge in [0.25, 0.3) is 0 Å². The number of ether oxygens (including phenoxy) is 1. The van der Waals surface area contributed by atoms with Crippen molar-refractivity contribution in [1.29, 1.82) is 10.5 Å². The molecule has 42 valence electrons. The van der Waals surface area contributed by atoms with Crippen LogP contribution in [0.25, 0.3) is 0 Å². The van der Waals surface area contributed by atoms with E-state index in [1.165, 1.54) is 0 Å². The topological polar surface area (TPSA) is 56.8 Å². The molecule has 0 aliphatic carbocycles. The third-order valence-corrected chi connectivity index (χ3v) is 0.568. The van der Waals surface area contributed by atoms with Gasteiger partial charge in [0.05, 0.1) is 0 Å². The molecule has 0 saturated heterocycles. The van der Waals surface area contributed by atoms with E-state index in [1.807, 2.05) is 0 Å². The summed E-state index contributed by atoms with van der Waals surface area (Å²) in [7, 11) is 0. The van der Waals surface area contributed by atoms with Gasteiger partial charge < -0.3 is 4.74 Å². The summed E-state index contributed by atoms with van der Waals surface area (Å²) in [5, 5.41) is 16.1. The van der Waals surface area contributed by atoms with Crippen molar-refractivity contribution >= 4 is 0 Å². The first kappa shape index (κ1) is 6.94. The third-order valence-electron chi connectivity index (χ3n) is 0.568. The van der Waals surface area contributed by atoms with Crippen LogP contribution in [0, 0.1) is 22.7 Å². The number of rotatable bonds is 2. The Bertz CT molecular complexity index is 116. The minimum atomic E-state index is -0.889. The van der Waals surface area contributed by atoms with Crippen LogP contribution in [0.4, 0.5) is 0 Å². The number of hydrogen-bond donors (Lipinski definition) is 0. The zero-order chi connectivity index (χ0) is 6.41. The minimum Gasteiger partial charge on any atom is -0.351 e. The summed E-state index contributed by atoms with van der Waals surface area (Å²) in [6.45, 7) is 2.15. The number of nitriles is 2. The van der Waals surface area contributed by atoms with Crippen LogP contribution in [-0.4, -0.2) is 12.7 Å². The van der Waals surface area contributed by atoms with Crippen LogP contribution in [0.15, 0.2) is 0 Å². The Hall–Kier alpha value is -1.06. The van der Waals surface area contributed by atoms with Crippen molar-refractivity contribution in [3.63, 3.8) is 0 Å². The lowest BCUT2D eigenvalue weighted by Crippen LogP contribution is -2.05. The van der Waals surface area contributed by atoms with Crippen molar-refractivity contribution in [2.45, 2.75) is 13.0 Å². The summed E-state index contributed by atoms with van der Waals surface area (Å²) in [4.78, 5) is 0. The standard InChI is InChI=1S/C5H6N2O/c1-2-8-5(3-6)4-7/h5H,2H2,1H3. The summed E-state index contributed by atoms with van der Waals surface area (Å²) in [5.74, 6) is 0. The second kappa shape index (κ2) is 4.11. The molecule has 0 radical (unpaired) electrons. The van der Waals surface area contributed by atoms with E-state index in [0.717, 1.165) is 0 Å². The summed E-state index contributed by atoms with van der Waals surface area (Å²) >= 11 is 0. The van der Waals surface area contributed by atoms with E-state index < -0.39 is 6.10 Å². The van der Waals surface area contributed by atoms with Gasteiger partial charge in [0.2, 0.25) is 6.10 Å². The quantitative estimate of drug-likeness (QED) is 0.518. The molecule has 0 amide bonds. The highest BCUT2D eigenvalue weighted by Crippen LogP contribution is 1.84. The molecule has 3 heteroatoms. The van der Waals surface area contributed by atoms with Gasteiger partial charge in [-0.1, -0.05) is 0 Å². The van der Waals surface area contributed by atoms with Gasteiger partial charge in [-0.2, -0.15) is 10.5 Å². The maximum absolute atomic E-state index is 8.06. The minimum absolute atomic E-state index is 0.409. The molecule has 0 aromatic carbocycles. The largest absolute Gasteiger partial charge is 0.351 e. The Kier molecular flexibility index (Phi) is 3.56. The van der Waals surface area contributed by atoms with Crippen LogP contribution in [0.1, 0.15) is 6.92 Å². The lowest BCUT2D eigenvalue weighted by molar-refractivity contribution is 0.137. The fraction of sp³-hybridized carbons (Fsp3) is 0.600. The van der Waals surface area contributed by atoms with Crippen LogP contribution in [0.3, 0.4) is 0 Å². The average molecular weight is 110 g/mol. The zero-order valence-corrected chi connectivity index (χ0v) is 4.59. The Labute approximate surface area is 48.1 Å². The molecular formula is C5H6N2O. The normalized spacial score (nSPS) is 8.00. The maximum atomic E-state index is 8.06. The fourth-order valence-corrected chi connectivity index (χ4v) is 0.270. The number of nitrogens with zero attached hydrogens (tertiary/aromatic N) is 2. The highest BCUT2D eigenvalue weighted by molar-refractivity contribution is 5.00. The summed E-state index contributed by atoms with van der Waals surface area (Å²) in [5.41, 5.74) is 0. The van der Waals surface area contributed by atoms with Crippen molar-refractivity contribution < 1.29 is 4.74 Å². The van der Waals surface area contributed by atoms with E-state index in [2.05, 4.69) is 4.74 Å². The van der Waals surface area contributed by atoms with Crippen molar-refractivity contribution in [3.05, 3.63) is 0 Å². The Balaban J connectivity index is 3.46. The van der Waals surface area contributed by atoms with E-state index in [9.17, 15) is 0 Å². The van der Waals surface area contributed by atoms with E-state index in [1.54, 1.807) is 19.1 Å². The highest BCUT2D eigenvalue weighted by atomic mass is 16.5. The van der Waals surface area contributed by atoms with Gasteiger partial charge >= 0.3 is 0 Å². The molecule has 0 N–H and O–H groups in total. The summed E-state index contributed by atoms with van der Waals surface area (Å²) < 4.78 is 4.62. The molecule has 0 bridgehead atoms. The van der Waals surface area contributed by atoms with Crippen LogP contribution in [0.5, 0.6) is 0 Å². The molecule has 0 spiro atoms. The predicted octanol–water partition coefficient (Wildman–Crippen LogP) is 0.439. The smallest absolute Gasteiger partial charge is 0.230 e. The van der Waals surface area contributed by atoms with Crippen LogP contribution in [-0.2, 0) is 4.74 Å². The molecule has 0 heterocycles. The van der Waals surface area contributed by atoms with E-state index in [-0.39, 0.29) is 0 Å². The molecule has 0 fully saturated rings. The second-order valence-electron chi connectivity index (χ2n) is 1.09. The van der Waals surface area contributed by atoms with Crippen LogP contribution in [0.2, 0.25) is 0 Å². The molecule has 8 heavy (non-hydrogen) atoms. The van der Waals surface area contributed by atoms with Crippen molar-refractivity contribution in [1.82, 2.24) is 0 Å². The van der Waals surface area contributed by atoms with Crippen molar-refractivity contribution in [2.24, 2.45) is 0 Å². The van der Waals surface area contributed by atoms with E-state index >= 15 is 0 Å². The third kappa shape index (κ3) is 2.17. The first-order valence-corrected chi connectivity index (χ1v) is 2.26. The van der Waals surface area contributed by atoms with E-state index in [0.29, 0.717) is 6.61 Å². The molecule has 0 atom stereocenters. The van der Waals surface area contributed by atoms with Crippen molar-refractivity contribution in [2.75, 3.05) is 6.61 Å². The van der Waals surface area contributed by atoms with Gasteiger partial charge in [-0.05, 0) is 6.92 Å². The van der Waals surface area contributed by atoms with Gasteiger partial charge in [-0.15, -0.1) is 0 Å². The molecular weight excluding hydrogens is 104 g/mol. The van der Waals surface area contributed by atoms with Gasteiger partial charge in [0.15, 0.2) is 0 Å². The molecule has 0 aromatic rings. The zero-order valence-electron chi connectivity index (χ0n) is 4.59. The summed E-state index contributed by atoms with van der Waals surface area (Å²) in [6.07, 6.45) is -0.889. The lowest BCUT2D eigenvalue weighted by Gasteiger charge is -1.94. The number of hydrogen-bond acceptors (Lipinski definition) is 3. The molecule has 0 saturated carbocycles. The van der Waals surface area contributed by atoms with Gasteiger partial charge in [-0.25, -0.2) is 0 Å². The molecule has 3 nitrogen and oxygen atoms in total. The first-order valence-electron chi connectivity index (χ1n) is 2.26. The Morgan fingerprint density at radius 3 is 2.12 bits per heavy atom. The maximum Gasteiger partial charge on any atom is 0.230 e. The Morgan fingerprint density at radius 2 is 2.00 bits per heavy atom. The van der Waals surface area contributed by atoms with Crippen LogP contribution < -0.4 is 0 Å². The monoisotopic (exact) mass is 110 g/mol. The SMILES string of the molecule is CCOC(C#N)C#N. The highest BCUT2D eigenvalue weighted by Gasteiger charge is 1.99. The van der Waals surface area contributed by atoms with Gasteiger partial charge in [0.1, 0.15) is 12.1 Å². The fourth-order valence-electron chi connectivity index (χ4n) is 0.270. The van der Waals surface area contributed by atoms with Crippen molar-refractivity contribution in [3.8, 4) is 12.1 Å². The summed E-state index contributed by atoms with van der Waals surface area (Å²) in [6, 6.07) is 3.34. The van der Waals surface area contributed by atoms with E-state index in [4.69, 9.17) is 10.5 Å². The van der Waals surface area contributed by atoms with Gasteiger partial charge in [0, 0.05) is 6.61 Å². The van der Waals surface area contributed by atoms with Gasteiger partial charge in [-0.3, -0.25) is 0 Å². The lowest BCUT2D eigenvalue weighted by atomic mass is 10.4. The first-order chi connectivity index (χ1) is 3.85. The molecule has 0 aromatic heterocycles. The average Bonchev–Trinajstić information content (AvgIpc) is 1.83. The molecule has 0 unspecified atom stereocenters. The Morgan fingerprint density at radius 1 is 1.50 bits per heavy atom. The molecule has 0 aliphatic heterocycles. The molecule has 0 rings (SSSR count). The predicted molar refractivity (Wildman–Crippen MR) is 26.6 cm³/mol.